The molecule has 6 heteroatoms. The summed E-state index contributed by atoms with van der Waals surface area (Å²) >= 11 is 0. The molecule has 0 bridgehead atoms. The maximum Gasteiger partial charge on any atom is 0.408 e. The molecule has 0 spiro atoms. The monoisotopic (exact) mass is 358 g/mol. The summed E-state index contributed by atoms with van der Waals surface area (Å²) in [5.41, 5.74) is 1.43. The van der Waals surface area contributed by atoms with Crippen LogP contribution in [0.3, 0.4) is 0 Å². The molecule has 2 aromatic rings. The van der Waals surface area contributed by atoms with Gasteiger partial charge >= 0.3 is 6.09 Å². The minimum Gasteiger partial charge on any atom is -0.486 e. The van der Waals surface area contributed by atoms with Gasteiger partial charge in [0.2, 0.25) is 5.95 Å². The summed E-state index contributed by atoms with van der Waals surface area (Å²) in [6.07, 6.45) is 2.14. The fourth-order valence-corrected chi connectivity index (χ4v) is 3.09. The van der Waals surface area contributed by atoms with Crippen LogP contribution in [0.4, 0.5) is 9.18 Å². The zero-order chi connectivity index (χ0) is 18.7. The topological polar surface area (TPSA) is 60.5 Å². The number of nitrogens with zero attached hydrogens (tertiary/aromatic N) is 1. The smallest absolute Gasteiger partial charge is 0.408 e. The number of hydrogen-bond acceptors (Lipinski definition) is 4. The molecule has 1 aliphatic rings. The Labute approximate surface area is 152 Å². The first-order valence-electron chi connectivity index (χ1n) is 8.68. The normalized spacial score (nSPS) is 19.4. The van der Waals surface area contributed by atoms with E-state index in [-0.39, 0.29) is 12.1 Å². The number of fused-ring (bicyclic) bond motifs is 1. The zero-order valence-corrected chi connectivity index (χ0v) is 15.2. The lowest BCUT2D eigenvalue weighted by molar-refractivity contribution is 0.0489. The molecular formula is C20H23FN2O3. The predicted octanol–water partition coefficient (Wildman–Crippen LogP) is 4.70. The highest BCUT2D eigenvalue weighted by molar-refractivity contribution is 5.68. The lowest BCUT2D eigenvalue weighted by atomic mass is 9.85. The molecule has 1 N–H and O–H groups in total. The fraction of sp³-hybridized carbons (Fsp3) is 0.400. The van der Waals surface area contributed by atoms with Gasteiger partial charge in [-0.15, -0.1) is 0 Å². The number of carbonyl (C=O) groups excluding carboxylic acids is 1. The summed E-state index contributed by atoms with van der Waals surface area (Å²) in [5.74, 6) is -0.132. The molecule has 2 atom stereocenters. The van der Waals surface area contributed by atoms with E-state index in [0.717, 1.165) is 11.1 Å². The van der Waals surface area contributed by atoms with Crippen molar-refractivity contribution in [2.75, 3.05) is 0 Å². The summed E-state index contributed by atoms with van der Waals surface area (Å²) in [5, 5.41) is 2.94. The second-order valence-electron chi connectivity index (χ2n) is 7.33. The molecule has 26 heavy (non-hydrogen) atoms. The van der Waals surface area contributed by atoms with Gasteiger partial charge < -0.3 is 14.8 Å². The van der Waals surface area contributed by atoms with Crippen LogP contribution in [-0.2, 0) is 4.74 Å². The maximum absolute atomic E-state index is 13.3. The molecule has 1 heterocycles. The Morgan fingerprint density at radius 2 is 1.92 bits per heavy atom. The summed E-state index contributed by atoms with van der Waals surface area (Å²) in [6.45, 7) is 5.50. The highest BCUT2D eigenvalue weighted by Crippen LogP contribution is 2.38. The number of hydrogen-bond donors (Lipinski definition) is 1. The number of rotatable bonds is 3. The molecule has 0 saturated heterocycles. The molecule has 5 nitrogen and oxygen atoms in total. The quantitative estimate of drug-likeness (QED) is 0.808. The number of halogens is 1. The van der Waals surface area contributed by atoms with E-state index in [1.54, 1.807) is 6.07 Å². The van der Waals surface area contributed by atoms with Crippen LogP contribution in [-0.4, -0.2) is 16.7 Å². The number of pyridine rings is 1. The van der Waals surface area contributed by atoms with Crippen molar-refractivity contribution < 1.29 is 18.7 Å². The van der Waals surface area contributed by atoms with E-state index < -0.39 is 17.6 Å². The Hall–Kier alpha value is -2.63. The minimum absolute atomic E-state index is 0.143. The lowest BCUT2D eigenvalue weighted by Crippen LogP contribution is -2.37. The SMILES string of the molecule is CC(C)(C)OC(=O)N[C@H]1CC[C@@H](Oc2ccnc(F)c2)c2ccccc21. The van der Waals surface area contributed by atoms with Crippen LogP contribution in [0.5, 0.6) is 5.75 Å². The van der Waals surface area contributed by atoms with Crippen molar-refractivity contribution in [3.05, 3.63) is 59.7 Å². The minimum atomic E-state index is -0.573. The Balaban J connectivity index is 1.77. The highest BCUT2D eigenvalue weighted by atomic mass is 19.1. The van der Waals surface area contributed by atoms with E-state index >= 15 is 0 Å². The van der Waals surface area contributed by atoms with Gasteiger partial charge in [-0.2, -0.15) is 4.39 Å². The first-order chi connectivity index (χ1) is 12.3. The van der Waals surface area contributed by atoms with Crippen molar-refractivity contribution in [3.63, 3.8) is 0 Å². The Morgan fingerprint density at radius 3 is 2.62 bits per heavy atom. The third kappa shape index (κ3) is 4.50. The average Bonchev–Trinajstić information content (AvgIpc) is 2.55. The Morgan fingerprint density at radius 1 is 1.19 bits per heavy atom. The van der Waals surface area contributed by atoms with Crippen LogP contribution in [0, 0.1) is 5.95 Å². The molecule has 0 aliphatic heterocycles. The van der Waals surface area contributed by atoms with E-state index in [2.05, 4.69) is 10.3 Å². The molecular weight excluding hydrogens is 335 g/mol. The largest absolute Gasteiger partial charge is 0.486 e. The molecule has 0 saturated carbocycles. The van der Waals surface area contributed by atoms with Gasteiger partial charge in [0.25, 0.3) is 0 Å². The van der Waals surface area contributed by atoms with E-state index in [9.17, 15) is 9.18 Å². The van der Waals surface area contributed by atoms with Crippen molar-refractivity contribution >= 4 is 6.09 Å². The van der Waals surface area contributed by atoms with Crippen molar-refractivity contribution in [3.8, 4) is 5.75 Å². The number of aromatic nitrogens is 1. The third-order valence-electron chi connectivity index (χ3n) is 4.10. The van der Waals surface area contributed by atoms with Gasteiger partial charge in [-0.25, -0.2) is 9.78 Å². The number of benzene rings is 1. The number of ether oxygens (including phenoxy) is 2. The van der Waals surface area contributed by atoms with Crippen LogP contribution >= 0.6 is 0 Å². The van der Waals surface area contributed by atoms with Gasteiger partial charge in [0.05, 0.1) is 6.04 Å². The van der Waals surface area contributed by atoms with E-state index in [0.29, 0.717) is 18.6 Å². The number of alkyl carbamates (subject to hydrolysis) is 1. The van der Waals surface area contributed by atoms with Gasteiger partial charge in [-0.3, -0.25) is 0 Å². The molecule has 3 rings (SSSR count). The van der Waals surface area contributed by atoms with Crippen LogP contribution in [0.15, 0.2) is 42.6 Å². The highest BCUT2D eigenvalue weighted by Gasteiger charge is 2.30. The lowest BCUT2D eigenvalue weighted by Gasteiger charge is -2.32. The molecule has 1 aromatic carbocycles. The average molecular weight is 358 g/mol. The van der Waals surface area contributed by atoms with E-state index in [1.165, 1.54) is 12.3 Å². The van der Waals surface area contributed by atoms with Crippen molar-refractivity contribution in [1.29, 1.82) is 0 Å². The van der Waals surface area contributed by atoms with Gasteiger partial charge in [0.1, 0.15) is 17.5 Å². The number of amides is 1. The molecule has 0 unspecified atom stereocenters. The molecule has 1 amide bonds. The second-order valence-corrected chi connectivity index (χ2v) is 7.33. The number of nitrogens with one attached hydrogen (secondary N) is 1. The predicted molar refractivity (Wildman–Crippen MR) is 95.4 cm³/mol. The van der Waals surface area contributed by atoms with Crippen LogP contribution in [0.2, 0.25) is 0 Å². The fourth-order valence-electron chi connectivity index (χ4n) is 3.09. The van der Waals surface area contributed by atoms with Crippen LogP contribution in [0.1, 0.15) is 56.9 Å². The molecule has 1 aromatic heterocycles. The zero-order valence-electron chi connectivity index (χ0n) is 15.2. The van der Waals surface area contributed by atoms with Gasteiger partial charge in [-0.05, 0) is 50.8 Å². The van der Waals surface area contributed by atoms with Gasteiger partial charge in [-0.1, -0.05) is 24.3 Å². The first-order valence-corrected chi connectivity index (χ1v) is 8.68. The van der Waals surface area contributed by atoms with Crippen LogP contribution in [0.25, 0.3) is 0 Å². The summed E-state index contributed by atoms with van der Waals surface area (Å²) in [4.78, 5) is 15.7. The van der Waals surface area contributed by atoms with Crippen LogP contribution < -0.4 is 10.1 Å². The molecule has 1 aliphatic carbocycles. The molecule has 0 radical (unpaired) electrons. The van der Waals surface area contributed by atoms with E-state index in [1.807, 2.05) is 45.0 Å². The first kappa shape index (κ1) is 18.2. The maximum atomic E-state index is 13.3. The summed E-state index contributed by atoms with van der Waals surface area (Å²) < 4.78 is 24.6. The van der Waals surface area contributed by atoms with E-state index in [4.69, 9.17) is 9.47 Å². The Kier molecular flexibility index (Phi) is 5.11. The van der Waals surface area contributed by atoms with Crippen molar-refractivity contribution in [1.82, 2.24) is 10.3 Å². The number of carbonyl (C=O) groups is 1. The van der Waals surface area contributed by atoms with Gasteiger partial charge in [0, 0.05) is 12.3 Å². The summed E-state index contributed by atoms with van der Waals surface area (Å²) in [7, 11) is 0. The second kappa shape index (κ2) is 7.32. The van der Waals surface area contributed by atoms with Crippen molar-refractivity contribution in [2.24, 2.45) is 0 Å². The van der Waals surface area contributed by atoms with Gasteiger partial charge in [0.15, 0.2) is 0 Å². The molecule has 0 fully saturated rings. The third-order valence-corrected chi connectivity index (χ3v) is 4.10. The standard InChI is InChI=1S/C20H23FN2O3/c1-20(2,3)26-19(24)23-16-8-9-17(15-7-5-4-6-14(15)16)25-13-10-11-22-18(21)12-13/h4-7,10-12,16-17H,8-9H2,1-3H3,(H,23,24)/t16-,17+/m0/s1. The van der Waals surface area contributed by atoms with Crippen molar-refractivity contribution in [2.45, 2.75) is 51.4 Å². The summed E-state index contributed by atoms with van der Waals surface area (Å²) in [6, 6.07) is 10.6. The Bertz CT molecular complexity index is 789. The molecule has 138 valence electrons.